The molecule has 2 heterocycles. The number of thiazole rings is 1. The van der Waals surface area contributed by atoms with E-state index in [9.17, 15) is 14.9 Å². The van der Waals surface area contributed by atoms with Crippen LogP contribution in [0, 0.1) is 10.1 Å². The number of nitrogens with zero attached hydrogens (tertiary/aromatic N) is 3. The largest absolute Gasteiger partial charge is 0.337 e. The Morgan fingerprint density at radius 1 is 1.39 bits per heavy atom. The lowest BCUT2D eigenvalue weighted by Crippen LogP contribution is -2.42. The van der Waals surface area contributed by atoms with Gasteiger partial charge in [-0.25, -0.2) is 4.98 Å². The standard InChI is InChI=1S/C15H16N4O3S/c16-11-4-6-18(7-5-11)15(20)13-9-23-14(17-13)10-2-1-3-12(8-10)19(21)22/h1-3,8-9,11H,4-7,16H2. The van der Waals surface area contributed by atoms with Crippen molar-refractivity contribution >= 4 is 22.9 Å². The number of benzene rings is 1. The van der Waals surface area contributed by atoms with E-state index in [2.05, 4.69) is 4.98 Å². The van der Waals surface area contributed by atoms with Gasteiger partial charge in [0.2, 0.25) is 0 Å². The average molecular weight is 332 g/mol. The maximum absolute atomic E-state index is 12.4. The van der Waals surface area contributed by atoms with Crippen molar-refractivity contribution in [3.63, 3.8) is 0 Å². The Morgan fingerprint density at radius 2 is 2.13 bits per heavy atom. The molecule has 1 aliphatic heterocycles. The van der Waals surface area contributed by atoms with Gasteiger partial charge in [-0.15, -0.1) is 11.3 Å². The summed E-state index contributed by atoms with van der Waals surface area (Å²) >= 11 is 1.31. The molecule has 3 rings (SSSR count). The van der Waals surface area contributed by atoms with Gasteiger partial charge in [-0.2, -0.15) is 0 Å². The first-order valence-corrected chi connectivity index (χ1v) is 8.18. The van der Waals surface area contributed by atoms with E-state index in [0.29, 0.717) is 29.4 Å². The summed E-state index contributed by atoms with van der Waals surface area (Å²) in [5, 5.41) is 13.2. The third-order valence-electron chi connectivity index (χ3n) is 3.85. The summed E-state index contributed by atoms with van der Waals surface area (Å²) in [5.74, 6) is -0.107. The molecule has 0 aliphatic carbocycles. The zero-order chi connectivity index (χ0) is 16.4. The Balaban J connectivity index is 1.79. The third kappa shape index (κ3) is 3.38. The topological polar surface area (TPSA) is 102 Å². The molecule has 2 N–H and O–H groups in total. The van der Waals surface area contributed by atoms with E-state index < -0.39 is 4.92 Å². The molecule has 1 aliphatic rings. The van der Waals surface area contributed by atoms with Crippen molar-refractivity contribution in [1.82, 2.24) is 9.88 Å². The predicted molar refractivity (Wildman–Crippen MR) is 87.3 cm³/mol. The Morgan fingerprint density at radius 3 is 2.83 bits per heavy atom. The number of rotatable bonds is 3. The van der Waals surface area contributed by atoms with Crippen LogP contribution in [0.4, 0.5) is 5.69 Å². The summed E-state index contributed by atoms with van der Waals surface area (Å²) < 4.78 is 0. The molecule has 8 heteroatoms. The molecule has 0 atom stereocenters. The number of aromatic nitrogens is 1. The van der Waals surface area contributed by atoms with Crippen LogP contribution in [0.25, 0.3) is 10.6 Å². The molecule has 1 fully saturated rings. The normalized spacial score (nSPS) is 15.6. The minimum Gasteiger partial charge on any atom is -0.337 e. The number of nitro groups is 1. The molecule has 0 spiro atoms. The van der Waals surface area contributed by atoms with E-state index in [-0.39, 0.29) is 17.6 Å². The lowest BCUT2D eigenvalue weighted by molar-refractivity contribution is -0.384. The number of amides is 1. The lowest BCUT2D eigenvalue weighted by atomic mass is 10.1. The van der Waals surface area contributed by atoms with Gasteiger partial charge in [0.05, 0.1) is 4.92 Å². The minimum atomic E-state index is -0.444. The van der Waals surface area contributed by atoms with E-state index in [4.69, 9.17) is 5.73 Å². The van der Waals surface area contributed by atoms with Crippen molar-refractivity contribution in [3.05, 3.63) is 45.5 Å². The van der Waals surface area contributed by atoms with E-state index in [0.717, 1.165) is 12.8 Å². The fraction of sp³-hybridized carbons (Fsp3) is 0.333. The number of nitrogens with two attached hydrogens (primary N) is 1. The highest BCUT2D eigenvalue weighted by Gasteiger charge is 2.23. The van der Waals surface area contributed by atoms with Gasteiger partial charge >= 0.3 is 0 Å². The molecule has 1 saturated heterocycles. The number of likely N-dealkylation sites (tertiary alicyclic amines) is 1. The van der Waals surface area contributed by atoms with Crippen LogP contribution in [-0.4, -0.2) is 39.8 Å². The zero-order valence-corrected chi connectivity index (χ0v) is 13.2. The van der Waals surface area contributed by atoms with Crippen molar-refractivity contribution in [2.75, 3.05) is 13.1 Å². The maximum Gasteiger partial charge on any atom is 0.273 e. The molecule has 0 bridgehead atoms. The van der Waals surface area contributed by atoms with Crippen LogP contribution in [-0.2, 0) is 0 Å². The number of non-ortho nitro benzene ring substituents is 1. The second-order valence-electron chi connectivity index (χ2n) is 5.47. The fourth-order valence-electron chi connectivity index (χ4n) is 2.52. The molecule has 7 nitrogen and oxygen atoms in total. The highest BCUT2D eigenvalue weighted by molar-refractivity contribution is 7.13. The minimum absolute atomic E-state index is 0.00981. The monoisotopic (exact) mass is 332 g/mol. The first kappa shape index (κ1) is 15.6. The van der Waals surface area contributed by atoms with Gasteiger partial charge in [-0.05, 0) is 12.8 Å². The molecule has 1 aromatic heterocycles. The second-order valence-corrected chi connectivity index (χ2v) is 6.33. The summed E-state index contributed by atoms with van der Waals surface area (Å²) in [6, 6.07) is 6.42. The highest BCUT2D eigenvalue weighted by atomic mass is 32.1. The first-order chi connectivity index (χ1) is 11.0. The Bertz CT molecular complexity index is 738. The van der Waals surface area contributed by atoms with Gasteiger partial charge < -0.3 is 10.6 Å². The van der Waals surface area contributed by atoms with E-state index in [1.807, 2.05) is 0 Å². The summed E-state index contributed by atoms with van der Waals surface area (Å²) in [5.41, 5.74) is 6.88. The van der Waals surface area contributed by atoms with Crippen LogP contribution in [0.15, 0.2) is 29.6 Å². The number of carbonyl (C=O) groups excluding carboxylic acids is 1. The Hall–Kier alpha value is -2.32. The maximum atomic E-state index is 12.4. The smallest absolute Gasteiger partial charge is 0.273 e. The molecule has 0 unspecified atom stereocenters. The number of carbonyl (C=O) groups is 1. The molecule has 0 radical (unpaired) electrons. The fourth-order valence-corrected chi connectivity index (χ4v) is 3.31. The number of nitro benzene ring substituents is 1. The molecular weight excluding hydrogens is 316 g/mol. The van der Waals surface area contributed by atoms with Crippen LogP contribution >= 0.6 is 11.3 Å². The summed E-state index contributed by atoms with van der Waals surface area (Å²) in [4.78, 5) is 29.0. The third-order valence-corrected chi connectivity index (χ3v) is 4.75. The van der Waals surface area contributed by atoms with Crippen LogP contribution in [0.5, 0.6) is 0 Å². The summed E-state index contributed by atoms with van der Waals surface area (Å²) in [6.45, 7) is 1.29. The number of hydrogen-bond acceptors (Lipinski definition) is 6. The van der Waals surface area contributed by atoms with Crippen LogP contribution < -0.4 is 5.73 Å². The van der Waals surface area contributed by atoms with Gasteiger partial charge in [0.25, 0.3) is 11.6 Å². The average Bonchev–Trinajstić information content (AvgIpc) is 3.05. The Labute approximate surface area is 136 Å². The molecule has 2 aromatic rings. The zero-order valence-electron chi connectivity index (χ0n) is 12.3. The van der Waals surface area contributed by atoms with Gasteiger partial charge in [0.15, 0.2) is 0 Å². The second kappa shape index (κ2) is 6.43. The summed E-state index contributed by atoms with van der Waals surface area (Å²) in [7, 11) is 0. The molecule has 1 aromatic carbocycles. The van der Waals surface area contributed by atoms with E-state index in [1.165, 1.54) is 23.5 Å². The van der Waals surface area contributed by atoms with Gasteiger partial charge in [0, 0.05) is 42.2 Å². The molecule has 23 heavy (non-hydrogen) atoms. The van der Waals surface area contributed by atoms with E-state index in [1.54, 1.807) is 22.4 Å². The number of hydrogen-bond donors (Lipinski definition) is 1. The van der Waals surface area contributed by atoms with Crippen molar-refractivity contribution in [2.24, 2.45) is 5.73 Å². The van der Waals surface area contributed by atoms with Gasteiger partial charge in [0.1, 0.15) is 10.7 Å². The van der Waals surface area contributed by atoms with Gasteiger partial charge in [-0.1, -0.05) is 12.1 Å². The van der Waals surface area contributed by atoms with Crippen molar-refractivity contribution in [2.45, 2.75) is 18.9 Å². The molecule has 1 amide bonds. The van der Waals surface area contributed by atoms with Crippen LogP contribution in [0.3, 0.4) is 0 Å². The molecule has 0 saturated carbocycles. The van der Waals surface area contributed by atoms with Crippen molar-refractivity contribution in [3.8, 4) is 10.6 Å². The van der Waals surface area contributed by atoms with E-state index >= 15 is 0 Å². The van der Waals surface area contributed by atoms with Crippen molar-refractivity contribution < 1.29 is 9.72 Å². The van der Waals surface area contributed by atoms with Gasteiger partial charge in [-0.3, -0.25) is 14.9 Å². The number of piperidine rings is 1. The summed E-state index contributed by atoms with van der Waals surface area (Å²) in [6.07, 6.45) is 1.60. The van der Waals surface area contributed by atoms with Crippen molar-refractivity contribution in [1.29, 1.82) is 0 Å². The Kier molecular flexibility index (Phi) is 4.35. The SMILES string of the molecule is NC1CCN(C(=O)c2csc(-c3cccc([N+](=O)[O-])c3)n2)CC1. The van der Waals surface area contributed by atoms with Crippen LogP contribution in [0.2, 0.25) is 0 Å². The van der Waals surface area contributed by atoms with Crippen LogP contribution in [0.1, 0.15) is 23.3 Å². The first-order valence-electron chi connectivity index (χ1n) is 7.30. The molecular formula is C15H16N4O3S. The highest BCUT2D eigenvalue weighted by Crippen LogP contribution is 2.27. The lowest BCUT2D eigenvalue weighted by Gasteiger charge is -2.29. The quantitative estimate of drug-likeness (QED) is 0.686. The molecule has 120 valence electrons. The predicted octanol–water partition coefficient (Wildman–Crippen LogP) is 2.28.